The second kappa shape index (κ2) is 8.99. The second-order valence-electron chi connectivity index (χ2n) is 9.84. The van der Waals surface area contributed by atoms with Gasteiger partial charge in [-0.05, 0) is 79.6 Å². The third kappa shape index (κ3) is 3.95. The Bertz CT molecular complexity index is 1380. The largest absolute Gasteiger partial charge is 0.348 e. The lowest BCUT2D eigenvalue weighted by atomic mass is 9.94. The summed E-state index contributed by atoms with van der Waals surface area (Å²) in [6, 6.07) is 13.2. The van der Waals surface area contributed by atoms with Crippen LogP contribution < -0.4 is 5.32 Å². The van der Waals surface area contributed by atoms with Crippen molar-refractivity contribution < 1.29 is 13.6 Å². The standard InChI is InChI=1S/C29H29F2N3O/c30-21-13-9-19(10-14-21)25-18-34-27(28(35)32-23-6-2-1-3-7-23)26(20-11-15-22(31)16-12-20)24-8-4-5-17-33(25)29(24)34/h9-16,18,23H,1-8,17H2,(H,32,35). The summed E-state index contributed by atoms with van der Waals surface area (Å²) in [7, 11) is 0. The molecule has 2 aliphatic rings. The quantitative estimate of drug-likeness (QED) is 0.350. The van der Waals surface area contributed by atoms with Crippen LogP contribution in [0.1, 0.15) is 61.0 Å². The molecule has 180 valence electrons. The number of aryl methyl sites for hydroxylation is 2. The Hall–Kier alpha value is -3.41. The van der Waals surface area contributed by atoms with Gasteiger partial charge in [0.2, 0.25) is 0 Å². The zero-order chi connectivity index (χ0) is 23.9. The summed E-state index contributed by atoms with van der Waals surface area (Å²) in [4.78, 5) is 13.9. The van der Waals surface area contributed by atoms with Crippen LogP contribution in [0.15, 0.2) is 54.7 Å². The molecule has 4 nitrogen and oxygen atoms in total. The summed E-state index contributed by atoms with van der Waals surface area (Å²) >= 11 is 0. The number of carbonyl (C=O) groups is 1. The third-order valence-electron chi connectivity index (χ3n) is 7.56. The molecular weight excluding hydrogens is 444 g/mol. The Morgan fingerprint density at radius 3 is 2.17 bits per heavy atom. The van der Waals surface area contributed by atoms with Crippen LogP contribution in [0.25, 0.3) is 28.0 Å². The van der Waals surface area contributed by atoms with Gasteiger partial charge in [-0.1, -0.05) is 31.4 Å². The fourth-order valence-electron chi connectivity index (χ4n) is 5.89. The molecule has 0 radical (unpaired) electrons. The number of amides is 1. The molecule has 1 amide bonds. The summed E-state index contributed by atoms with van der Waals surface area (Å²) in [5.41, 5.74) is 6.39. The van der Waals surface area contributed by atoms with E-state index in [-0.39, 0.29) is 23.6 Å². The average Bonchev–Trinajstić information content (AvgIpc) is 3.28. The van der Waals surface area contributed by atoms with Crippen LogP contribution in [0.3, 0.4) is 0 Å². The van der Waals surface area contributed by atoms with Crippen LogP contribution in [0.2, 0.25) is 0 Å². The van der Waals surface area contributed by atoms with Gasteiger partial charge in [0.1, 0.15) is 23.0 Å². The Morgan fingerprint density at radius 1 is 0.829 bits per heavy atom. The van der Waals surface area contributed by atoms with E-state index in [4.69, 9.17) is 0 Å². The van der Waals surface area contributed by atoms with Crippen molar-refractivity contribution in [1.82, 2.24) is 14.3 Å². The zero-order valence-electron chi connectivity index (χ0n) is 19.7. The molecule has 2 aromatic heterocycles. The van der Waals surface area contributed by atoms with E-state index >= 15 is 0 Å². The molecule has 0 spiro atoms. The van der Waals surface area contributed by atoms with E-state index in [1.165, 1.54) is 30.7 Å². The molecule has 0 atom stereocenters. The van der Waals surface area contributed by atoms with Crippen molar-refractivity contribution in [3.8, 4) is 22.4 Å². The van der Waals surface area contributed by atoms with Crippen molar-refractivity contribution in [3.63, 3.8) is 0 Å². The van der Waals surface area contributed by atoms with E-state index in [0.29, 0.717) is 5.69 Å². The van der Waals surface area contributed by atoms with Gasteiger partial charge < -0.3 is 9.88 Å². The molecule has 1 saturated carbocycles. The minimum absolute atomic E-state index is 0.0825. The number of nitrogens with one attached hydrogen (secondary N) is 1. The fraction of sp³-hybridized carbons (Fsp3) is 0.345. The van der Waals surface area contributed by atoms with Crippen LogP contribution in [0.4, 0.5) is 8.78 Å². The summed E-state index contributed by atoms with van der Waals surface area (Å²) in [6.07, 6.45) is 10.4. The van der Waals surface area contributed by atoms with E-state index in [2.05, 4.69) is 9.88 Å². The van der Waals surface area contributed by atoms with Crippen molar-refractivity contribution >= 4 is 11.6 Å². The smallest absolute Gasteiger partial charge is 0.269 e. The maximum Gasteiger partial charge on any atom is 0.269 e. The molecular formula is C29H29F2N3O. The Labute approximate surface area is 203 Å². The topological polar surface area (TPSA) is 38.4 Å². The molecule has 0 unspecified atom stereocenters. The molecule has 1 aliphatic heterocycles. The number of nitrogens with zero attached hydrogens (tertiary/aromatic N) is 2. The van der Waals surface area contributed by atoms with Crippen LogP contribution >= 0.6 is 0 Å². The van der Waals surface area contributed by atoms with Crippen molar-refractivity contribution in [1.29, 1.82) is 0 Å². The minimum atomic E-state index is -0.292. The third-order valence-corrected chi connectivity index (χ3v) is 7.56. The Balaban J connectivity index is 1.57. The van der Waals surface area contributed by atoms with Gasteiger partial charge in [0.05, 0.1) is 5.69 Å². The molecule has 35 heavy (non-hydrogen) atoms. The van der Waals surface area contributed by atoms with Crippen molar-refractivity contribution in [2.24, 2.45) is 0 Å². The first kappa shape index (κ1) is 22.1. The van der Waals surface area contributed by atoms with Crippen LogP contribution in [0, 0.1) is 11.6 Å². The first-order valence-corrected chi connectivity index (χ1v) is 12.7. The predicted octanol–water partition coefficient (Wildman–Crippen LogP) is 6.75. The van der Waals surface area contributed by atoms with Gasteiger partial charge in [-0.3, -0.25) is 9.20 Å². The summed E-state index contributed by atoms with van der Waals surface area (Å²) < 4.78 is 31.7. The molecule has 1 N–H and O–H groups in total. The lowest BCUT2D eigenvalue weighted by Gasteiger charge is -2.23. The first-order chi connectivity index (χ1) is 17.1. The lowest BCUT2D eigenvalue weighted by molar-refractivity contribution is 0.0922. The van der Waals surface area contributed by atoms with Crippen LogP contribution in [-0.2, 0) is 13.0 Å². The van der Waals surface area contributed by atoms with Gasteiger partial charge in [0.25, 0.3) is 5.91 Å². The SMILES string of the molecule is O=C(NC1CCCCC1)c1c(-c2ccc(F)cc2)c2c3n(c(-c4ccc(F)cc4)cn13)CCCC2. The number of carbonyl (C=O) groups excluding carboxylic acids is 1. The molecule has 0 bridgehead atoms. The maximum absolute atomic E-state index is 13.9. The highest BCUT2D eigenvalue weighted by Gasteiger charge is 2.30. The summed E-state index contributed by atoms with van der Waals surface area (Å²) in [5.74, 6) is -0.643. The van der Waals surface area contributed by atoms with E-state index in [0.717, 1.165) is 85.1 Å². The van der Waals surface area contributed by atoms with Gasteiger partial charge in [-0.25, -0.2) is 8.78 Å². The van der Waals surface area contributed by atoms with Gasteiger partial charge in [0, 0.05) is 29.9 Å². The summed E-state index contributed by atoms with van der Waals surface area (Å²) in [6.45, 7) is 0.826. The highest BCUT2D eigenvalue weighted by atomic mass is 19.1. The highest BCUT2D eigenvalue weighted by molar-refractivity contribution is 6.03. The molecule has 6 rings (SSSR count). The molecule has 0 saturated heterocycles. The lowest BCUT2D eigenvalue weighted by Crippen LogP contribution is -2.37. The number of rotatable bonds is 4. The van der Waals surface area contributed by atoms with Crippen LogP contribution in [-0.4, -0.2) is 20.9 Å². The average molecular weight is 474 g/mol. The number of halogens is 2. The number of aromatic nitrogens is 2. The van der Waals surface area contributed by atoms with Gasteiger partial charge >= 0.3 is 0 Å². The van der Waals surface area contributed by atoms with Crippen molar-refractivity contribution in [2.45, 2.75) is 64.0 Å². The number of benzene rings is 2. The minimum Gasteiger partial charge on any atom is -0.348 e. The zero-order valence-corrected chi connectivity index (χ0v) is 19.7. The first-order valence-electron chi connectivity index (χ1n) is 12.7. The number of hydrogen-bond acceptors (Lipinski definition) is 1. The predicted molar refractivity (Wildman–Crippen MR) is 133 cm³/mol. The van der Waals surface area contributed by atoms with Gasteiger partial charge in [0.15, 0.2) is 0 Å². The maximum atomic E-state index is 13.9. The number of hydrogen-bond donors (Lipinski definition) is 1. The van der Waals surface area contributed by atoms with E-state index in [1.54, 1.807) is 24.3 Å². The van der Waals surface area contributed by atoms with Gasteiger partial charge in [-0.2, -0.15) is 0 Å². The van der Waals surface area contributed by atoms with E-state index in [1.807, 2.05) is 10.6 Å². The van der Waals surface area contributed by atoms with Gasteiger partial charge in [-0.15, -0.1) is 0 Å². The molecule has 1 aliphatic carbocycles. The fourth-order valence-corrected chi connectivity index (χ4v) is 5.89. The van der Waals surface area contributed by atoms with E-state index in [9.17, 15) is 13.6 Å². The van der Waals surface area contributed by atoms with E-state index < -0.39 is 0 Å². The molecule has 6 heteroatoms. The monoisotopic (exact) mass is 473 g/mol. The van der Waals surface area contributed by atoms with Crippen molar-refractivity contribution in [2.75, 3.05) is 0 Å². The number of imidazole rings is 1. The molecule has 3 heterocycles. The Kier molecular flexibility index (Phi) is 5.67. The van der Waals surface area contributed by atoms with Crippen LogP contribution in [0.5, 0.6) is 0 Å². The Morgan fingerprint density at radius 2 is 1.49 bits per heavy atom. The molecule has 2 aromatic carbocycles. The highest BCUT2D eigenvalue weighted by Crippen LogP contribution is 2.39. The molecule has 1 fully saturated rings. The molecule has 4 aromatic rings. The van der Waals surface area contributed by atoms with Crippen molar-refractivity contribution in [3.05, 3.63) is 77.6 Å². The normalized spacial score (nSPS) is 16.4. The summed E-state index contributed by atoms with van der Waals surface area (Å²) in [5, 5.41) is 3.31. The second-order valence-corrected chi connectivity index (χ2v) is 9.84.